The first-order chi connectivity index (χ1) is 9.49. The lowest BCUT2D eigenvalue weighted by molar-refractivity contribution is 0.0697. The van der Waals surface area contributed by atoms with Crippen LogP contribution < -0.4 is 10.6 Å². The number of hydrogen-bond acceptors (Lipinski definition) is 2. The molecule has 0 aliphatic carbocycles. The van der Waals surface area contributed by atoms with Crippen molar-refractivity contribution in [2.24, 2.45) is 5.73 Å². The van der Waals surface area contributed by atoms with Gasteiger partial charge >= 0.3 is 12.0 Å². The monoisotopic (exact) mass is 333 g/mol. The summed E-state index contributed by atoms with van der Waals surface area (Å²) in [5.74, 6) is -1.10. The minimum Gasteiger partial charge on any atom is -0.478 e. The number of anilines is 2. The summed E-state index contributed by atoms with van der Waals surface area (Å²) in [5, 5.41) is 8.98. The number of carbonyl (C=O) groups excluding carboxylic acids is 1. The third-order valence-electron chi connectivity index (χ3n) is 2.57. The molecule has 1 radical (unpaired) electrons. The fourth-order valence-electron chi connectivity index (χ4n) is 1.73. The Kier molecular flexibility index (Phi) is 4.05. The fraction of sp³-hybridized carbons (Fsp3) is 0. The van der Waals surface area contributed by atoms with Crippen molar-refractivity contribution in [2.45, 2.75) is 0 Å². The minimum absolute atomic E-state index is 0.0312. The second kappa shape index (κ2) is 5.75. The summed E-state index contributed by atoms with van der Waals surface area (Å²) in [7, 11) is 0. The summed E-state index contributed by atoms with van der Waals surface area (Å²) in [6.07, 6.45) is 0. The van der Waals surface area contributed by atoms with Crippen LogP contribution in [0.2, 0.25) is 0 Å². The molecular formula is C14H10BrN2O3. The average molecular weight is 334 g/mol. The van der Waals surface area contributed by atoms with Gasteiger partial charge < -0.3 is 10.8 Å². The van der Waals surface area contributed by atoms with Gasteiger partial charge in [-0.3, -0.25) is 4.90 Å². The molecule has 0 heterocycles. The highest BCUT2D eigenvalue weighted by molar-refractivity contribution is 9.10. The van der Waals surface area contributed by atoms with Crippen LogP contribution >= 0.6 is 15.9 Å². The molecule has 0 bridgehead atoms. The number of benzene rings is 2. The molecule has 0 saturated heterocycles. The van der Waals surface area contributed by atoms with E-state index in [1.54, 1.807) is 18.2 Å². The minimum atomic E-state index is -1.10. The summed E-state index contributed by atoms with van der Waals surface area (Å²) >= 11 is 3.31. The van der Waals surface area contributed by atoms with Crippen molar-refractivity contribution in [1.82, 2.24) is 0 Å². The third kappa shape index (κ3) is 2.97. The van der Waals surface area contributed by atoms with Crippen molar-refractivity contribution in [3.05, 3.63) is 58.6 Å². The van der Waals surface area contributed by atoms with Gasteiger partial charge in [-0.2, -0.15) is 0 Å². The molecule has 20 heavy (non-hydrogen) atoms. The zero-order valence-corrected chi connectivity index (χ0v) is 11.8. The number of carboxylic acids is 1. The second-order valence-electron chi connectivity index (χ2n) is 3.94. The van der Waals surface area contributed by atoms with E-state index in [-0.39, 0.29) is 5.56 Å². The molecule has 0 spiro atoms. The number of halogens is 1. The van der Waals surface area contributed by atoms with Gasteiger partial charge in [0.25, 0.3) is 0 Å². The number of carboxylic acid groups (broad SMARTS) is 1. The molecule has 5 nitrogen and oxygen atoms in total. The van der Waals surface area contributed by atoms with Crippen molar-refractivity contribution in [2.75, 3.05) is 4.90 Å². The maximum atomic E-state index is 11.7. The largest absolute Gasteiger partial charge is 0.478 e. The van der Waals surface area contributed by atoms with Crippen LogP contribution in [0.5, 0.6) is 0 Å². The van der Waals surface area contributed by atoms with Crippen molar-refractivity contribution in [1.29, 1.82) is 0 Å². The Morgan fingerprint density at radius 2 is 1.95 bits per heavy atom. The quantitative estimate of drug-likeness (QED) is 0.904. The second-order valence-corrected chi connectivity index (χ2v) is 4.85. The van der Waals surface area contributed by atoms with Crippen LogP contribution in [0.15, 0.2) is 46.9 Å². The van der Waals surface area contributed by atoms with Gasteiger partial charge in [0, 0.05) is 4.47 Å². The SMILES string of the molecule is NC(=O)N(c1cccc(Br)c1)c1c[c]cc(C(=O)O)c1. The number of hydrogen-bond donors (Lipinski definition) is 2. The first kappa shape index (κ1) is 14.1. The molecule has 2 rings (SSSR count). The Balaban J connectivity index is 2.52. The summed E-state index contributed by atoms with van der Waals surface area (Å²) in [5.41, 5.74) is 6.29. The zero-order chi connectivity index (χ0) is 14.7. The Labute approximate surface area is 123 Å². The summed E-state index contributed by atoms with van der Waals surface area (Å²) in [6, 6.07) is 13.1. The van der Waals surface area contributed by atoms with Gasteiger partial charge in [0.1, 0.15) is 0 Å². The van der Waals surface area contributed by atoms with E-state index in [1.807, 2.05) is 6.07 Å². The zero-order valence-electron chi connectivity index (χ0n) is 10.2. The van der Waals surface area contributed by atoms with Crippen LogP contribution in [0.3, 0.4) is 0 Å². The highest BCUT2D eigenvalue weighted by atomic mass is 79.9. The number of carbonyl (C=O) groups is 2. The number of primary amides is 1. The molecule has 0 unspecified atom stereocenters. The van der Waals surface area contributed by atoms with Crippen LogP contribution in [0, 0.1) is 6.07 Å². The number of rotatable bonds is 3. The van der Waals surface area contributed by atoms with Crippen LogP contribution in [0.25, 0.3) is 0 Å². The number of aromatic carboxylic acids is 1. The molecule has 101 valence electrons. The molecule has 2 aromatic carbocycles. The van der Waals surface area contributed by atoms with Gasteiger partial charge in [-0.25, -0.2) is 9.59 Å². The molecule has 6 heteroatoms. The topological polar surface area (TPSA) is 83.6 Å². The Hall–Kier alpha value is -2.34. The Morgan fingerprint density at radius 3 is 2.55 bits per heavy atom. The molecule has 0 aromatic heterocycles. The van der Waals surface area contributed by atoms with Crippen molar-refractivity contribution in [3.63, 3.8) is 0 Å². The van der Waals surface area contributed by atoms with Crippen LogP contribution in [-0.2, 0) is 0 Å². The van der Waals surface area contributed by atoms with Gasteiger partial charge in [0.05, 0.1) is 16.9 Å². The molecule has 3 N–H and O–H groups in total. The third-order valence-corrected chi connectivity index (χ3v) is 3.06. The van der Waals surface area contributed by atoms with Gasteiger partial charge in [-0.05, 0) is 42.5 Å². The molecule has 0 aliphatic rings. The standard InChI is InChI=1S/C14H10BrN2O3/c15-10-4-2-6-12(8-10)17(14(16)20)11-5-1-3-9(7-11)13(18)19/h2-8H,(H2,16,20)(H,18,19). The molecule has 0 saturated carbocycles. The molecular weight excluding hydrogens is 324 g/mol. The highest BCUT2D eigenvalue weighted by Crippen LogP contribution is 2.28. The lowest BCUT2D eigenvalue weighted by Crippen LogP contribution is -2.31. The maximum absolute atomic E-state index is 11.7. The van der Waals surface area contributed by atoms with E-state index in [0.717, 1.165) is 4.47 Å². The highest BCUT2D eigenvalue weighted by Gasteiger charge is 2.16. The van der Waals surface area contributed by atoms with Gasteiger partial charge in [-0.1, -0.05) is 22.0 Å². The lowest BCUT2D eigenvalue weighted by atomic mass is 10.1. The number of urea groups is 1. The molecule has 0 fully saturated rings. The van der Waals surface area contributed by atoms with E-state index in [0.29, 0.717) is 11.4 Å². The summed E-state index contributed by atoms with van der Waals surface area (Å²) in [4.78, 5) is 23.9. The van der Waals surface area contributed by atoms with E-state index in [1.165, 1.54) is 23.1 Å². The fourth-order valence-corrected chi connectivity index (χ4v) is 2.12. The van der Waals surface area contributed by atoms with Crippen LogP contribution in [-0.4, -0.2) is 17.1 Å². The predicted molar refractivity (Wildman–Crippen MR) is 78.1 cm³/mol. The maximum Gasteiger partial charge on any atom is 0.335 e. The number of amides is 2. The first-order valence-electron chi connectivity index (χ1n) is 5.58. The van der Waals surface area contributed by atoms with Crippen LogP contribution in [0.4, 0.5) is 16.2 Å². The van der Waals surface area contributed by atoms with E-state index < -0.39 is 12.0 Å². The normalized spacial score (nSPS) is 10.1. The summed E-state index contributed by atoms with van der Waals surface area (Å²) in [6.45, 7) is 0. The molecule has 2 amide bonds. The Morgan fingerprint density at radius 1 is 1.20 bits per heavy atom. The first-order valence-corrected chi connectivity index (χ1v) is 6.38. The van der Waals surface area contributed by atoms with Crippen molar-refractivity contribution in [3.8, 4) is 0 Å². The van der Waals surface area contributed by atoms with E-state index >= 15 is 0 Å². The smallest absolute Gasteiger partial charge is 0.335 e. The molecule has 0 atom stereocenters. The predicted octanol–water partition coefficient (Wildman–Crippen LogP) is 3.16. The van der Waals surface area contributed by atoms with Crippen molar-refractivity contribution < 1.29 is 14.7 Å². The van der Waals surface area contributed by atoms with Crippen molar-refractivity contribution >= 4 is 39.3 Å². The Bertz CT molecular complexity index is 673. The van der Waals surface area contributed by atoms with Gasteiger partial charge in [0.2, 0.25) is 0 Å². The average Bonchev–Trinajstić information content (AvgIpc) is 2.39. The van der Waals surface area contributed by atoms with Gasteiger partial charge in [-0.15, -0.1) is 0 Å². The van der Waals surface area contributed by atoms with E-state index in [2.05, 4.69) is 22.0 Å². The van der Waals surface area contributed by atoms with Crippen LogP contribution in [0.1, 0.15) is 10.4 Å². The molecule has 0 aliphatic heterocycles. The van der Waals surface area contributed by atoms with E-state index in [9.17, 15) is 9.59 Å². The number of nitrogens with two attached hydrogens (primary N) is 1. The number of nitrogens with zero attached hydrogens (tertiary/aromatic N) is 1. The molecule has 2 aromatic rings. The summed E-state index contributed by atoms with van der Waals surface area (Å²) < 4.78 is 0.777. The lowest BCUT2D eigenvalue weighted by Gasteiger charge is -2.21. The van der Waals surface area contributed by atoms with E-state index in [4.69, 9.17) is 10.8 Å². The van der Waals surface area contributed by atoms with Gasteiger partial charge in [0.15, 0.2) is 0 Å².